The minimum absolute atomic E-state index is 0.0101. The molecule has 2 unspecified atom stereocenters. The Bertz CT molecular complexity index is 446. The third-order valence-corrected chi connectivity index (χ3v) is 6.06. The second-order valence-corrected chi connectivity index (χ2v) is 9.07. The van der Waals surface area contributed by atoms with Crippen LogP contribution in [0.3, 0.4) is 0 Å². The summed E-state index contributed by atoms with van der Waals surface area (Å²) >= 11 is 1.74. The Morgan fingerprint density at radius 2 is 1.95 bits per heavy atom. The maximum atomic E-state index is 13.1. The molecular weight excluding hydrogens is 284 g/mol. The van der Waals surface area contributed by atoms with Gasteiger partial charge in [-0.3, -0.25) is 9.59 Å². The van der Waals surface area contributed by atoms with Crippen LogP contribution >= 0.6 is 11.8 Å². The van der Waals surface area contributed by atoms with E-state index in [1.807, 2.05) is 25.7 Å². The summed E-state index contributed by atoms with van der Waals surface area (Å²) in [5, 5.41) is 3.03. The van der Waals surface area contributed by atoms with E-state index >= 15 is 0 Å². The lowest BCUT2D eigenvalue weighted by molar-refractivity contribution is -0.157. The van der Waals surface area contributed by atoms with Crippen LogP contribution in [0.4, 0.5) is 0 Å². The summed E-state index contributed by atoms with van der Waals surface area (Å²) in [5.74, 6) is 0.540. The van der Waals surface area contributed by atoms with Gasteiger partial charge in [-0.2, -0.15) is 11.8 Å². The number of carbonyl (C=O) groups is 2. The number of thioether (sulfide) groups is 1. The molecule has 120 valence electrons. The zero-order valence-corrected chi connectivity index (χ0v) is 14.8. The van der Waals surface area contributed by atoms with E-state index in [0.29, 0.717) is 12.5 Å². The zero-order chi connectivity index (χ0) is 16.0. The van der Waals surface area contributed by atoms with E-state index in [0.717, 1.165) is 12.8 Å². The number of hydrogen-bond donors (Lipinski definition) is 1. The van der Waals surface area contributed by atoms with Gasteiger partial charge in [0.05, 0.1) is 0 Å². The molecule has 1 aliphatic heterocycles. The molecule has 2 aliphatic rings. The van der Waals surface area contributed by atoms with E-state index in [1.165, 1.54) is 0 Å². The van der Waals surface area contributed by atoms with Crippen LogP contribution in [-0.2, 0) is 9.59 Å². The van der Waals surface area contributed by atoms with Crippen LogP contribution < -0.4 is 5.32 Å². The van der Waals surface area contributed by atoms with E-state index in [4.69, 9.17) is 0 Å². The molecule has 2 amide bonds. The Morgan fingerprint density at radius 1 is 1.38 bits per heavy atom. The predicted molar refractivity (Wildman–Crippen MR) is 87.2 cm³/mol. The SMILES string of the molecule is CSC(C)(C)CN1C(=O)C(C)(C2CC2)NC(=O)C1C(C)C. The summed E-state index contributed by atoms with van der Waals surface area (Å²) in [6.45, 7) is 10.8. The number of nitrogens with zero attached hydrogens (tertiary/aromatic N) is 1. The van der Waals surface area contributed by atoms with Crippen LogP contribution in [-0.4, -0.2) is 45.8 Å². The van der Waals surface area contributed by atoms with Crippen molar-refractivity contribution in [1.29, 1.82) is 0 Å². The molecule has 4 nitrogen and oxygen atoms in total. The van der Waals surface area contributed by atoms with E-state index < -0.39 is 5.54 Å². The second kappa shape index (κ2) is 5.49. The molecule has 1 aliphatic carbocycles. The number of amides is 2. The fourth-order valence-electron chi connectivity index (χ4n) is 3.19. The molecule has 1 heterocycles. The molecule has 0 aromatic heterocycles. The van der Waals surface area contributed by atoms with E-state index in [1.54, 1.807) is 11.8 Å². The maximum absolute atomic E-state index is 13.1. The van der Waals surface area contributed by atoms with Crippen molar-refractivity contribution in [3.05, 3.63) is 0 Å². The lowest BCUT2D eigenvalue weighted by Crippen LogP contribution is -2.72. The minimum atomic E-state index is -0.697. The van der Waals surface area contributed by atoms with E-state index in [-0.39, 0.29) is 28.5 Å². The number of hydrogen-bond acceptors (Lipinski definition) is 3. The fraction of sp³-hybridized carbons (Fsp3) is 0.875. The first-order valence-electron chi connectivity index (χ1n) is 7.80. The molecule has 2 fully saturated rings. The first kappa shape index (κ1) is 16.7. The Morgan fingerprint density at radius 3 is 2.38 bits per heavy atom. The summed E-state index contributed by atoms with van der Waals surface area (Å²) in [5.41, 5.74) is -0.697. The summed E-state index contributed by atoms with van der Waals surface area (Å²) in [6.07, 6.45) is 4.13. The van der Waals surface area contributed by atoms with Crippen LogP contribution in [0.2, 0.25) is 0 Å². The number of piperazine rings is 1. The van der Waals surface area contributed by atoms with Crippen LogP contribution in [0.25, 0.3) is 0 Å². The Kier molecular flexibility index (Phi) is 4.35. The molecule has 0 radical (unpaired) electrons. The Balaban J connectivity index is 2.33. The van der Waals surface area contributed by atoms with Gasteiger partial charge in [-0.1, -0.05) is 13.8 Å². The van der Waals surface area contributed by atoms with Gasteiger partial charge in [0.1, 0.15) is 11.6 Å². The highest BCUT2D eigenvalue weighted by Gasteiger charge is 2.56. The average Bonchev–Trinajstić information content (AvgIpc) is 3.19. The molecule has 2 atom stereocenters. The number of nitrogens with one attached hydrogen (secondary N) is 1. The standard InChI is InChI=1S/C16H28N2O2S/c1-10(2)12-13(19)17-16(5,11-7-8-11)14(20)18(12)9-15(3,4)21-6/h10-12H,7-9H2,1-6H3,(H,17,19). The number of carbonyl (C=O) groups excluding carboxylic acids is 2. The summed E-state index contributed by atoms with van der Waals surface area (Å²) < 4.78 is -0.0507. The van der Waals surface area contributed by atoms with Crippen molar-refractivity contribution in [3.8, 4) is 0 Å². The lowest BCUT2D eigenvalue weighted by atomic mass is 9.86. The normalized spacial score (nSPS) is 30.8. The third-order valence-electron chi connectivity index (χ3n) is 4.82. The number of rotatable bonds is 5. The quantitative estimate of drug-likeness (QED) is 0.847. The minimum Gasteiger partial charge on any atom is -0.340 e. The van der Waals surface area contributed by atoms with Gasteiger partial charge in [-0.15, -0.1) is 0 Å². The summed E-state index contributed by atoms with van der Waals surface area (Å²) in [4.78, 5) is 27.5. The van der Waals surface area contributed by atoms with Crippen LogP contribution in [0.5, 0.6) is 0 Å². The highest BCUT2D eigenvalue weighted by atomic mass is 32.2. The molecular formula is C16H28N2O2S. The van der Waals surface area contributed by atoms with Gasteiger partial charge in [0, 0.05) is 11.3 Å². The van der Waals surface area contributed by atoms with Gasteiger partial charge in [0.25, 0.3) is 0 Å². The van der Waals surface area contributed by atoms with Crippen molar-refractivity contribution in [2.45, 2.75) is 63.8 Å². The van der Waals surface area contributed by atoms with Gasteiger partial charge in [-0.05, 0) is 51.7 Å². The third kappa shape index (κ3) is 3.08. The largest absolute Gasteiger partial charge is 0.340 e. The molecule has 0 aromatic rings. The van der Waals surface area contributed by atoms with Crippen molar-refractivity contribution >= 4 is 23.6 Å². The first-order chi connectivity index (χ1) is 9.62. The molecule has 21 heavy (non-hydrogen) atoms. The average molecular weight is 312 g/mol. The molecule has 5 heteroatoms. The first-order valence-corrected chi connectivity index (χ1v) is 9.03. The van der Waals surface area contributed by atoms with Gasteiger partial charge < -0.3 is 10.2 Å². The molecule has 0 spiro atoms. The highest BCUT2D eigenvalue weighted by molar-refractivity contribution is 7.99. The van der Waals surface area contributed by atoms with Crippen molar-refractivity contribution in [2.75, 3.05) is 12.8 Å². The van der Waals surface area contributed by atoms with Gasteiger partial charge in [-0.25, -0.2) is 0 Å². The Hall–Kier alpha value is -0.710. The van der Waals surface area contributed by atoms with Gasteiger partial charge in [0.2, 0.25) is 11.8 Å². The maximum Gasteiger partial charge on any atom is 0.249 e. The fourth-order valence-corrected chi connectivity index (χ4v) is 3.46. The van der Waals surface area contributed by atoms with E-state index in [9.17, 15) is 9.59 Å². The molecule has 0 aromatic carbocycles. The molecule has 2 rings (SSSR count). The van der Waals surface area contributed by atoms with Crippen molar-refractivity contribution in [2.24, 2.45) is 11.8 Å². The van der Waals surface area contributed by atoms with Crippen molar-refractivity contribution in [1.82, 2.24) is 10.2 Å². The lowest BCUT2D eigenvalue weighted by Gasteiger charge is -2.48. The molecule has 1 saturated carbocycles. The summed E-state index contributed by atoms with van der Waals surface area (Å²) in [7, 11) is 0. The molecule has 1 N–H and O–H groups in total. The topological polar surface area (TPSA) is 49.4 Å². The van der Waals surface area contributed by atoms with E-state index in [2.05, 4.69) is 25.4 Å². The van der Waals surface area contributed by atoms with Crippen molar-refractivity contribution < 1.29 is 9.59 Å². The highest BCUT2D eigenvalue weighted by Crippen LogP contribution is 2.43. The summed E-state index contributed by atoms with van der Waals surface area (Å²) in [6, 6.07) is -0.351. The van der Waals surface area contributed by atoms with Crippen LogP contribution in [0.15, 0.2) is 0 Å². The predicted octanol–water partition coefficient (Wildman–Crippen LogP) is 2.28. The zero-order valence-electron chi connectivity index (χ0n) is 14.0. The van der Waals surface area contributed by atoms with Gasteiger partial charge in [0.15, 0.2) is 0 Å². The molecule has 0 bridgehead atoms. The smallest absolute Gasteiger partial charge is 0.249 e. The van der Waals surface area contributed by atoms with Crippen LogP contribution in [0, 0.1) is 11.8 Å². The monoisotopic (exact) mass is 312 g/mol. The Labute approximate surface area is 132 Å². The molecule has 1 saturated heterocycles. The second-order valence-electron chi connectivity index (χ2n) is 7.55. The van der Waals surface area contributed by atoms with Crippen LogP contribution in [0.1, 0.15) is 47.5 Å². The van der Waals surface area contributed by atoms with Crippen molar-refractivity contribution in [3.63, 3.8) is 0 Å². The van der Waals surface area contributed by atoms with Gasteiger partial charge >= 0.3 is 0 Å².